The highest BCUT2D eigenvalue weighted by molar-refractivity contribution is 6.31. The van der Waals surface area contributed by atoms with Gasteiger partial charge in [-0.05, 0) is 25.1 Å². The normalized spacial score (nSPS) is 12.2. The van der Waals surface area contributed by atoms with E-state index < -0.39 is 40.9 Å². The van der Waals surface area contributed by atoms with Crippen LogP contribution in [0.2, 0.25) is 5.02 Å². The summed E-state index contributed by atoms with van der Waals surface area (Å²) in [7, 11) is 0. The Morgan fingerprint density at radius 2 is 1.65 bits per heavy atom. The van der Waals surface area contributed by atoms with Gasteiger partial charge in [0.15, 0.2) is 23.3 Å². The summed E-state index contributed by atoms with van der Waals surface area (Å²) >= 11 is 6.13. The van der Waals surface area contributed by atoms with Gasteiger partial charge in [-0.3, -0.25) is 9.48 Å². The molecule has 1 aromatic heterocycles. The number of carbonyl (C=O) groups is 1. The average Bonchev–Trinajstić information content (AvgIpc) is 3.13. The SMILES string of the molecule is C[C@@H](C(=O)Nc1c(F)c(F)cc(F)c1F)n1nc(-c2ccccc2)c2cc(Cl)ccc21. The highest BCUT2D eigenvalue weighted by Crippen LogP contribution is 2.32. The molecule has 4 nitrogen and oxygen atoms in total. The minimum atomic E-state index is -1.69. The number of nitrogens with zero attached hydrogens (tertiary/aromatic N) is 2. The second-order valence-electron chi connectivity index (χ2n) is 6.83. The third-order valence-electron chi connectivity index (χ3n) is 4.82. The number of anilines is 1. The minimum absolute atomic E-state index is 0.0701. The fourth-order valence-corrected chi connectivity index (χ4v) is 3.41. The van der Waals surface area contributed by atoms with E-state index in [1.54, 1.807) is 18.2 Å². The summed E-state index contributed by atoms with van der Waals surface area (Å²) in [6.45, 7) is 1.44. The van der Waals surface area contributed by atoms with Gasteiger partial charge in [-0.15, -0.1) is 0 Å². The lowest BCUT2D eigenvalue weighted by Crippen LogP contribution is -2.26. The van der Waals surface area contributed by atoms with Gasteiger partial charge in [0.25, 0.3) is 0 Å². The molecule has 0 aliphatic rings. The molecule has 0 saturated carbocycles. The van der Waals surface area contributed by atoms with E-state index in [-0.39, 0.29) is 6.07 Å². The van der Waals surface area contributed by atoms with Crippen molar-refractivity contribution in [3.8, 4) is 11.3 Å². The van der Waals surface area contributed by atoms with Crippen molar-refractivity contribution in [1.29, 1.82) is 0 Å². The summed E-state index contributed by atoms with van der Waals surface area (Å²) in [5, 5.41) is 7.55. The molecule has 3 aromatic carbocycles. The first-order valence-electron chi connectivity index (χ1n) is 9.15. The Labute approximate surface area is 179 Å². The number of amides is 1. The molecular weight excluding hydrogens is 434 g/mol. The number of rotatable bonds is 4. The number of benzene rings is 3. The van der Waals surface area contributed by atoms with Crippen molar-refractivity contribution in [2.75, 3.05) is 5.32 Å². The average molecular weight is 448 g/mol. The van der Waals surface area contributed by atoms with Gasteiger partial charge in [0.1, 0.15) is 17.4 Å². The van der Waals surface area contributed by atoms with Gasteiger partial charge in [-0.1, -0.05) is 41.9 Å². The Balaban J connectivity index is 1.77. The third kappa shape index (κ3) is 3.74. The van der Waals surface area contributed by atoms with E-state index in [2.05, 4.69) is 5.10 Å². The van der Waals surface area contributed by atoms with Gasteiger partial charge in [-0.25, -0.2) is 17.6 Å². The number of nitrogens with one attached hydrogen (secondary N) is 1. The van der Waals surface area contributed by atoms with Crippen molar-refractivity contribution in [2.45, 2.75) is 13.0 Å². The van der Waals surface area contributed by atoms with E-state index in [1.807, 2.05) is 35.6 Å². The Hall–Kier alpha value is -3.39. The number of halogens is 5. The van der Waals surface area contributed by atoms with Crippen LogP contribution in [0.1, 0.15) is 13.0 Å². The number of carbonyl (C=O) groups excluding carboxylic acids is 1. The van der Waals surface area contributed by atoms with Crippen LogP contribution in [0.25, 0.3) is 22.2 Å². The Morgan fingerprint density at radius 1 is 1.00 bits per heavy atom. The molecule has 1 N–H and O–H groups in total. The second-order valence-corrected chi connectivity index (χ2v) is 7.27. The molecule has 158 valence electrons. The first kappa shape index (κ1) is 20.9. The Morgan fingerprint density at radius 3 is 2.29 bits per heavy atom. The molecule has 0 saturated heterocycles. The highest BCUT2D eigenvalue weighted by atomic mass is 35.5. The largest absolute Gasteiger partial charge is 0.319 e. The van der Waals surface area contributed by atoms with Crippen LogP contribution in [0.5, 0.6) is 0 Å². The molecule has 0 fully saturated rings. The molecule has 0 aliphatic heterocycles. The van der Waals surface area contributed by atoms with Crippen molar-refractivity contribution in [2.24, 2.45) is 0 Å². The molecule has 1 atom stereocenters. The lowest BCUT2D eigenvalue weighted by Gasteiger charge is -2.15. The summed E-state index contributed by atoms with van der Waals surface area (Å²) in [6, 6.07) is 13.1. The zero-order valence-electron chi connectivity index (χ0n) is 16.0. The fourth-order valence-electron chi connectivity index (χ4n) is 3.24. The van der Waals surface area contributed by atoms with E-state index in [0.29, 0.717) is 21.6 Å². The number of aromatic nitrogens is 2. The molecule has 0 spiro atoms. The topological polar surface area (TPSA) is 46.9 Å². The summed E-state index contributed by atoms with van der Waals surface area (Å²) in [5.41, 5.74) is 0.659. The Kier molecular flexibility index (Phi) is 5.41. The zero-order chi connectivity index (χ0) is 22.3. The molecule has 4 aromatic rings. The van der Waals surface area contributed by atoms with Crippen molar-refractivity contribution < 1.29 is 22.4 Å². The van der Waals surface area contributed by atoms with E-state index >= 15 is 0 Å². The second kappa shape index (κ2) is 8.03. The summed E-state index contributed by atoms with van der Waals surface area (Å²) in [4.78, 5) is 12.7. The predicted molar refractivity (Wildman–Crippen MR) is 110 cm³/mol. The van der Waals surface area contributed by atoms with E-state index in [1.165, 1.54) is 11.6 Å². The molecule has 0 aliphatic carbocycles. The van der Waals surface area contributed by atoms with Crippen LogP contribution in [-0.4, -0.2) is 15.7 Å². The van der Waals surface area contributed by atoms with Crippen LogP contribution in [0.3, 0.4) is 0 Å². The van der Waals surface area contributed by atoms with Gasteiger partial charge < -0.3 is 5.32 Å². The summed E-state index contributed by atoms with van der Waals surface area (Å²) < 4.78 is 56.2. The molecular formula is C22H14ClF4N3O. The maximum atomic E-state index is 14.0. The van der Waals surface area contributed by atoms with Crippen molar-refractivity contribution >= 4 is 34.1 Å². The van der Waals surface area contributed by atoms with Crippen LogP contribution in [0.15, 0.2) is 54.6 Å². The van der Waals surface area contributed by atoms with Gasteiger partial charge in [0, 0.05) is 22.0 Å². The number of hydrogen-bond acceptors (Lipinski definition) is 2. The molecule has 0 radical (unpaired) electrons. The monoisotopic (exact) mass is 447 g/mol. The quantitative estimate of drug-likeness (QED) is 0.303. The molecule has 9 heteroatoms. The van der Waals surface area contributed by atoms with Crippen LogP contribution in [0.4, 0.5) is 23.2 Å². The van der Waals surface area contributed by atoms with Crippen molar-refractivity contribution in [1.82, 2.24) is 9.78 Å². The molecule has 1 amide bonds. The van der Waals surface area contributed by atoms with Gasteiger partial charge >= 0.3 is 0 Å². The van der Waals surface area contributed by atoms with E-state index in [9.17, 15) is 22.4 Å². The van der Waals surface area contributed by atoms with Crippen LogP contribution >= 0.6 is 11.6 Å². The first-order chi connectivity index (χ1) is 14.8. The number of fused-ring (bicyclic) bond motifs is 1. The van der Waals surface area contributed by atoms with E-state index in [0.717, 1.165) is 5.56 Å². The van der Waals surface area contributed by atoms with Crippen molar-refractivity contribution in [3.63, 3.8) is 0 Å². The van der Waals surface area contributed by atoms with Gasteiger partial charge in [0.2, 0.25) is 5.91 Å². The zero-order valence-corrected chi connectivity index (χ0v) is 16.7. The minimum Gasteiger partial charge on any atom is -0.319 e. The summed E-state index contributed by atoms with van der Waals surface area (Å²) in [5.74, 6) is -7.54. The first-order valence-corrected chi connectivity index (χ1v) is 9.52. The predicted octanol–water partition coefficient (Wildman–Crippen LogP) is 6.11. The Bertz CT molecular complexity index is 1280. The lowest BCUT2D eigenvalue weighted by molar-refractivity contribution is -0.119. The summed E-state index contributed by atoms with van der Waals surface area (Å²) in [6.07, 6.45) is 0. The lowest BCUT2D eigenvalue weighted by atomic mass is 10.1. The van der Waals surface area contributed by atoms with Crippen LogP contribution < -0.4 is 5.32 Å². The fraction of sp³-hybridized carbons (Fsp3) is 0.0909. The van der Waals surface area contributed by atoms with Crippen LogP contribution in [-0.2, 0) is 4.79 Å². The number of hydrogen-bond donors (Lipinski definition) is 1. The smallest absolute Gasteiger partial charge is 0.249 e. The molecule has 1 heterocycles. The van der Waals surface area contributed by atoms with Crippen LogP contribution in [0, 0.1) is 23.3 Å². The molecule has 31 heavy (non-hydrogen) atoms. The van der Waals surface area contributed by atoms with E-state index in [4.69, 9.17) is 11.6 Å². The van der Waals surface area contributed by atoms with Crippen molar-refractivity contribution in [3.05, 3.63) is 82.9 Å². The molecule has 0 bridgehead atoms. The molecule has 0 unspecified atom stereocenters. The maximum absolute atomic E-state index is 14.0. The van der Waals surface area contributed by atoms with Gasteiger partial charge in [-0.2, -0.15) is 5.10 Å². The van der Waals surface area contributed by atoms with Gasteiger partial charge in [0.05, 0.1) is 5.52 Å². The maximum Gasteiger partial charge on any atom is 0.249 e. The standard InChI is InChI=1S/C22H14ClF4N3O/c1-11(22(31)28-21-18(26)15(24)10-16(25)19(21)27)30-17-8-7-13(23)9-14(17)20(29-30)12-5-3-2-4-6-12/h2-11H,1H3,(H,28,31)/t11-/m0/s1. The molecule has 4 rings (SSSR count). The third-order valence-corrected chi connectivity index (χ3v) is 5.06. The highest BCUT2D eigenvalue weighted by Gasteiger charge is 2.26.